The topological polar surface area (TPSA) is 60.9 Å². The van der Waals surface area contributed by atoms with Crippen LogP contribution in [-0.2, 0) is 13.0 Å². The summed E-state index contributed by atoms with van der Waals surface area (Å²) in [6.07, 6.45) is 7.75. The monoisotopic (exact) mass is 313 g/mol. The van der Waals surface area contributed by atoms with E-state index in [-0.39, 0.29) is 5.91 Å². The van der Waals surface area contributed by atoms with Crippen LogP contribution >= 0.6 is 0 Å². The van der Waals surface area contributed by atoms with Crippen molar-refractivity contribution in [2.24, 2.45) is 17.6 Å². The summed E-state index contributed by atoms with van der Waals surface area (Å²) in [5, 5.41) is 0. The molecule has 0 atom stereocenters. The summed E-state index contributed by atoms with van der Waals surface area (Å²) in [7, 11) is 0. The lowest BCUT2D eigenvalue weighted by molar-refractivity contribution is 0.100. The van der Waals surface area contributed by atoms with Crippen LogP contribution in [-0.4, -0.2) is 15.5 Å². The third-order valence-corrected chi connectivity index (χ3v) is 4.86. The Hall–Kier alpha value is -1.84. The molecule has 0 bridgehead atoms. The van der Waals surface area contributed by atoms with E-state index in [9.17, 15) is 4.79 Å². The fraction of sp³-hybridized carbons (Fsp3) is 0.579. The molecule has 4 heteroatoms. The van der Waals surface area contributed by atoms with E-state index in [1.165, 1.54) is 37.9 Å². The molecule has 2 aromatic rings. The van der Waals surface area contributed by atoms with Crippen molar-refractivity contribution < 1.29 is 4.79 Å². The van der Waals surface area contributed by atoms with E-state index in [0.717, 1.165) is 29.9 Å². The van der Waals surface area contributed by atoms with Gasteiger partial charge in [-0.2, -0.15) is 0 Å². The second-order valence-electron chi connectivity index (χ2n) is 7.31. The fourth-order valence-corrected chi connectivity index (χ4v) is 3.71. The van der Waals surface area contributed by atoms with E-state index in [0.29, 0.717) is 11.5 Å². The highest BCUT2D eigenvalue weighted by Gasteiger charge is 2.19. The van der Waals surface area contributed by atoms with Gasteiger partial charge in [-0.15, -0.1) is 0 Å². The second kappa shape index (κ2) is 6.73. The molecule has 1 heterocycles. The zero-order chi connectivity index (χ0) is 16.4. The average molecular weight is 313 g/mol. The van der Waals surface area contributed by atoms with Crippen LogP contribution in [0.2, 0.25) is 0 Å². The molecule has 1 saturated carbocycles. The van der Waals surface area contributed by atoms with Gasteiger partial charge in [0.25, 0.3) is 0 Å². The molecule has 1 aliphatic rings. The van der Waals surface area contributed by atoms with Crippen molar-refractivity contribution in [2.45, 2.75) is 58.9 Å². The van der Waals surface area contributed by atoms with Crippen molar-refractivity contribution in [1.82, 2.24) is 9.55 Å². The van der Waals surface area contributed by atoms with Crippen LogP contribution in [0.3, 0.4) is 0 Å². The van der Waals surface area contributed by atoms with Crippen molar-refractivity contribution in [3.8, 4) is 0 Å². The van der Waals surface area contributed by atoms with Gasteiger partial charge in [-0.25, -0.2) is 4.98 Å². The van der Waals surface area contributed by atoms with E-state index in [1.807, 2.05) is 18.2 Å². The maximum Gasteiger partial charge on any atom is 0.248 e. The minimum absolute atomic E-state index is 0.390. The lowest BCUT2D eigenvalue weighted by Gasteiger charge is -2.22. The number of carbonyl (C=O) groups is 1. The number of amides is 1. The summed E-state index contributed by atoms with van der Waals surface area (Å²) in [5.74, 6) is 2.09. The van der Waals surface area contributed by atoms with Gasteiger partial charge in [-0.05, 0) is 30.0 Å². The molecule has 0 spiro atoms. The molecule has 1 fully saturated rings. The van der Waals surface area contributed by atoms with Crippen LogP contribution in [0.1, 0.15) is 62.1 Å². The van der Waals surface area contributed by atoms with Gasteiger partial charge in [0, 0.05) is 18.5 Å². The average Bonchev–Trinajstić information content (AvgIpc) is 2.84. The van der Waals surface area contributed by atoms with Crippen LogP contribution in [0.5, 0.6) is 0 Å². The number of hydrogen-bond acceptors (Lipinski definition) is 2. The van der Waals surface area contributed by atoms with Crippen LogP contribution in [0.4, 0.5) is 0 Å². The molecular formula is C19H27N3O. The van der Waals surface area contributed by atoms with Crippen molar-refractivity contribution in [3.05, 3.63) is 29.6 Å². The molecule has 0 radical (unpaired) electrons. The van der Waals surface area contributed by atoms with Gasteiger partial charge >= 0.3 is 0 Å². The Kier molecular flexibility index (Phi) is 4.69. The number of carbonyl (C=O) groups excluding carboxylic acids is 1. The van der Waals surface area contributed by atoms with Gasteiger partial charge in [0.05, 0.1) is 11.0 Å². The molecule has 124 valence electrons. The predicted octanol–water partition coefficient (Wildman–Crippen LogP) is 3.91. The number of fused-ring (bicyclic) bond motifs is 1. The summed E-state index contributed by atoms with van der Waals surface area (Å²) in [4.78, 5) is 16.3. The highest BCUT2D eigenvalue weighted by Crippen LogP contribution is 2.28. The summed E-state index contributed by atoms with van der Waals surface area (Å²) in [6, 6.07) is 5.64. The van der Waals surface area contributed by atoms with Crippen molar-refractivity contribution in [3.63, 3.8) is 0 Å². The first-order valence-corrected chi connectivity index (χ1v) is 8.83. The standard InChI is InChI=1S/C19H27N3O/c1-13(2)12-22-17-9-8-15(19(20)23)11-16(17)21-18(22)10-14-6-4-3-5-7-14/h8-9,11,13-14H,3-7,10,12H2,1-2H3,(H2,20,23). The summed E-state index contributed by atoms with van der Waals surface area (Å²) < 4.78 is 2.35. The van der Waals surface area contributed by atoms with E-state index in [1.54, 1.807) is 0 Å². The molecule has 1 aromatic heterocycles. The van der Waals surface area contributed by atoms with E-state index >= 15 is 0 Å². The van der Waals surface area contributed by atoms with Crippen molar-refractivity contribution >= 4 is 16.9 Å². The van der Waals surface area contributed by atoms with Gasteiger partial charge < -0.3 is 10.3 Å². The number of primary amides is 1. The van der Waals surface area contributed by atoms with Gasteiger partial charge in [-0.3, -0.25) is 4.79 Å². The Morgan fingerprint density at radius 1 is 1.30 bits per heavy atom. The zero-order valence-electron chi connectivity index (χ0n) is 14.2. The predicted molar refractivity (Wildman–Crippen MR) is 93.4 cm³/mol. The Labute approximate surface area is 138 Å². The zero-order valence-corrected chi connectivity index (χ0v) is 14.2. The third kappa shape index (κ3) is 3.57. The van der Waals surface area contributed by atoms with Crippen LogP contribution in [0.15, 0.2) is 18.2 Å². The first-order chi connectivity index (χ1) is 11.0. The van der Waals surface area contributed by atoms with Gasteiger partial charge in [0.15, 0.2) is 0 Å². The maximum absolute atomic E-state index is 11.4. The van der Waals surface area contributed by atoms with Crippen molar-refractivity contribution in [1.29, 1.82) is 0 Å². The lowest BCUT2D eigenvalue weighted by Crippen LogP contribution is -2.15. The Morgan fingerprint density at radius 3 is 2.70 bits per heavy atom. The third-order valence-electron chi connectivity index (χ3n) is 4.86. The quantitative estimate of drug-likeness (QED) is 0.909. The van der Waals surface area contributed by atoms with Crippen LogP contribution in [0, 0.1) is 11.8 Å². The number of hydrogen-bond donors (Lipinski definition) is 1. The van der Waals surface area contributed by atoms with Crippen molar-refractivity contribution in [2.75, 3.05) is 0 Å². The van der Waals surface area contributed by atoms with Gasteiger partial charge in [0.2, 0.25) is 5.91 Å². The van der Waals surface area contributed by atoms with E-state index in [4.69, 9.17) is 10.7 Å². The smallest absolute Gasteiger partial charge is 0.248 e. The first kappa shape index (κ1) is 16.0. The molecule has 2 N–H and O–H groups in total. The Bertz CT molecular complexity index is 696. The van der Waals surface area contributed by atoms with Crippen LogP contribution < -0.4 is 5.73 Å². The second-order valence-corrected chi connectivity index (χ2v) is 7.31. The normalized spacial score (nSPS) is 16.3. The Balaban J connectivity index is 1.97. The summed E-state index contributed by atoms with van der Waals surface area (Å²) in [6.45, 7) is 5.43. The van der Waals surface area contributed by atoms with E-state index in [2.05, 4.69) is 18.4 Å². The molecule has 1 aromatic carbocycles. The van der Waals surface area contributed by atoms with Gasteiger partial charge in [-0.1, -0.05) is 46.0 Å². The SMILES string of the molecule is CC(C)Cn1c(CC2CCCCC2)nc2cc(C(N)=O)ccc21. The molecule has 4 nitrogen and oxygen atoms in total. The molecule has 23 heavy (non-hydrogen) atoms. The minimum atomic E-state index is -0.390. The Morgan fingerprint density at radius 2 is 2.04 bits per heavy atom. The number of benzene rings is 1. The summed E-state index contributed by atoms with van der Waals surface area (Å²) in [5.41, 5.74) is 7.96. The lowest BCUT2D eigenvalue weighted by atomic mass is 9.87. The minimum Gasteiger partial charge on any atom is -0.366 e. The molecule has 3 rings (SSSR count). The highest BCUT2D eigenvalue weighted by atomic mass is 16.1. The first-order valence-electron chi connectivity index (χ1n) is 8.83. The molecule has 0 aliphatic heterocycles. The molecule has 0 unspecified atom stereocenters. The largest absolute Gasteiger partial charge is 0.366 e. The van der Waals surface area contributed by atoms with E-state index < -0.39 is 0 Å². The molecular weight excluding hydrogens is 286 g/mol. The van der Waals surface area contributed by atoms with Gasteiger partial charge in [0.1, 0.15) is 5.82 Å². The highest BCUT2D eigenvalue weighted by molar-refractivity contribution is 5.96. The number of aromatic nitrogens is 2. The maximum atomic E-state index is 11.4. The number of nitrogens with two attached hydrogens (primary N) is 1. The fourth-order valence-electron chi connectivity index (χ4n) is 3.71. The van der Waals surface area contributed by atoms with Crippen LogP contribution in [0.25, 0.3) is 11.0 Å². The molecule has 1 amide bonds. The number of imidazole rings is 1. The molecule has 1 aliphatic carbocycles. The summed E-state index contributed by atoms with van der Waals surface area (Å²) >= 11 is 0. The molecule has 0 saturated heterocycles. The number of rotatable bonds is 5. The number of nitrogens with zero attached hydrogens (tertiary/aromatic N) is 2.